The highest BCUT2D eigenvalue weighted by molar-refractivity contribution is 5.74. The predicted molar refractivity (Wildman–Crippen MR) is 116 cm³/mol. The van der Waals surface area contributed by atoms with E-state index in [2.05, 4.69) is 36.3 Å². The normalized spacial score (nSPS) is 11.0. The van der Waals surface area contributed by atoms with E-state index in [4.69, 9.17) is 5.73 Å². The number of nitrogen functional groups attached to an aromatic ring is 1. The lowest BCUT2D eigenvalue weighted by atomic mass is 10.00. The molecule has 0 amide bonds. The van der Waals surface area contributed by atoms with Gasteiger partial charge in [0.2, 0.25) is 5.95 Å². The van der Waals surface area contributed by atoms with Gasteiger partial charge < -0.3 is 10.7 Å². The van der Waals surface area contributed by atoms with E-state index in [1.54, 1.807) is 23.0 Å². The molecule has 0 unspecified atom stereocenters. The number of nitrogens with two attached hydrogens (primary N) is 1. The molecule has 0 aliphatic heterocycles. The number of anilines is 1. The van der Waals surface area contributed by atoms with Crippen LogP contribution >= 0.6 is 0 Å². The zero-order chi connectivity index (χ0) is 21.4. The third-order valence-electron chi connectivity index (χ3n) is 5.02. The Morgan fingerprint density at radius 1 is 1.03 bits per heavy atom. The number of rotatable bonds is 4. The molecular weight excluding hydrogens is 390 g/mol. The molecule has 0 radical (unpaired) electrons. The summed E-state index contributed by atoms with van der Waals surface area (Å²) in [6, 6.07) is 17.3. The molecular formula is C22H17N9. The van der Waals surface area contributed by atoms with Gasteiger partial charge >= 0.3 is 0 Å². The van der Waals surface area contributed by atoms with Crippen LogP contribution in [0.4, 0.5) is 5.95 Å². The molecule has 0 fully saturated rings. The lowest BCUT2D eigenvalue weighted by Gasteiger charge is -2.08. The van der Waals surface area contributed by atoms with Crippen molar-refractivity contribution in [1.82, 2.24) is 34.9 Å². The lowest BCUT2D eigenvalue weighted by Crippen LogP contribution is -2.02. The minimum atomic E-state index is 0.126. The topological polar surface area (TPSA) is 135 Å². The predicted octanol–water partition coefficient (Wildman–Crippen LogP) is 3.09. The van der Waals surface area contributed by atoms with Crippen molar-refractivity contribution in [3.05, 3.63) is 71.7 Å². The Hall–Kier alpha value is -4.58. The first-order valence-electron chi connectivity index (χ1n) is 9.59. The number of benzene rings is 2. The standard InChI is InChI=1S/C22H17N9/c1-13-14(10-23)5-4-6-15(13)18-9-19(28-22(24)27-18)20-11-31(30-29-20)12-21-25-16-7-2-3-8-17(16)26-21/h2-9,11H,12H2,1H3,(H,25,26)(H2,24,27,28). The van der Waals surface area contributed by atoms with Gasteiger partial charge in [0.25, 0.3) is 0 Å². The van der Waals surface area contributed by atoms with Gasteiger partial charge in [-0.2, -0.15) is 5.26 Å². The van der Waals surface area contributed by atoms with Gasteiger partial charge in [-0.3, -0.25) is 0 Å². The third kappa shape index (κ3) is 3.47. The van der Waals surface area contributed by atoms with E-state index in [1.165, 1.54) is 0 Å². The largest absolute Gasteiger partial charge is 0.368 e. The molecule has 0 saturated carbocycles. The number of hydrogen-bond acceptors (Lipinski definition) is 7. The number of fused-ring (bicyclic) bond motifs is 1. The van der Waals surface area contributed by atoms with Crippen LogP contribution in [0.3, 0.4) is 0 Å². The van der Waals surface area contributed by atoms with E-state index in [0.29, 0.717) is 29.2 Å². The smallest absolute Gasteiger partial charge is 0.221 e. The SMILES string of the molecule is Cc1c(C#N)cccc1-c1cc(-c2cn(Cc3nc4ccccc4[nH]3)nn2)nc(N)n1. The second kappa shape index (κ2) is 7.35. The zero-order valence-electron chi connectivity index (χ0n) is 16.6. The van der Waals surface area contributed by atoms with Crippen LogP contribution in [0.25, 0.3) is 33.7 Å². The van der Waals surface area contributed by atoms with Gasteiger partial charge in [0.05, 0.1) is 40.3 Å². The summed E-state index contributed by atoms with van der Waals surface area (Å²) < 4.78 is 1.69. The van der Waals surface area contributed by atoms with Crippen molar-refractivity contribution in [3.8, 4) is 28.7 Å². The molecule has 5 aromatic rings. The molecule has 3 N–H and O–H groups in total. The minimum absolute atomic E-state index is 0.126. The second-order valence-electron chi connectivity index (χ2n) is 7.09. The lowest BCUT2D eigenvalue weighted by molar-refractivity contribution is 0.631. The quantitative estimate of drug-likeness (QED) is 0.467. The van der Waals surface area contributed by atoms with Crippen molar-refractivity contribution in [3.63, 3.8) is 0 Å². The highest BCUT2D eigenvalue weighted by Crippen LogP contribution is 2.27. The minimum Gasteiger partial charge on any atom is -0.368 e. The molecule has 3 aromatic heterocycles. The zero-order valence-corrected chi connectivity index (χ0v) is 16.6. The Morgan fingerprint density at radius 3 is 2.71 bits per heavy atom. The van der Waals surface area contributed by atoms with Crippen molar-refractivity contribution >= 4 is 17.0 Å². The Labute approximate surface area is 177 Å². The van der Waals surface area contributed by atoms with Crippen LogP contribution in [0, 0.1) is 18.3 Å². The van der Waals surface area contributed by atoms with Crippen molar-refractivity contribution < 1.29 is 0 Å². The summed E-state index contributed by atoms with van der Waals surface area (Å²) in [6.07, 6.45) is 1.79. The number of nitriles is 1. The maximum absolute atomic E-state index is 9.31. The molecule has 5 rings (SSSR count). The van der Waals surface area contributed by atoms with Crippen LogP contribution in [0.1, 0.15) is 17.0 Å². The average molecular weight is 407 g/mol. The summed E-state index contributed by atoms with van der Waals surface area (Å²) in [5, 5.41) is 17.8. The first-order chi connectivity index (χ1) is 15.1. The Morgan fingerprint density at radius 2 is 1.87 bits per heavy atom. The van der Waals surface area contributed by atoms with Gasteiger partial charge in [0.15, 0.2) is 0 Å². The first-order valence-corrected chi connectivity index (χ1v) is 9.59. The summed E-state index contributed by atoms with van der Waals surface area (Å²) in [7, 11) is 0. The van der Waals surface area contributed by atoms with Crippen LogP contribution in [-0.4, -0.2) is 34.9 Å². The van der Waals surface area contributed by atoms with Gasteiger partial charge in [-0.05, 0) is 36.8 Å². The Bertz CT molecular complexity index is 1420. The van der Waals surface area contributed by atoms with E-state index in [1.807, 2.05) is 43.3 Å². The summed E-state index contributed by atoms with van der Waals surface area (Å²) in [4.78, 5) is 16.5. The summed E-state index contributed by atoms with van der Waals surface area (Å²) in [5.41, 5.74) is 11.9. The Balaban J connectivity index is 1.47. The number of nitrogens with one attached hydrogen (secondary N) is 1. The Kier molecular flexibility index (Phi) is 4.37. The number of hydrogen-bond donors (Lipinski definition) is 2. The van der Waals surface area contributed by atoms with Gasteiger partial charge in [-0.15, -0.1) is 5.10 Å². The van der Waals surface area contributed by atoms with Gasteiger partial charge in [0, 0.05) is 5.56 Å². The van der Waals surface area contributed by atoms with Crippen LogP contribution < -0.4 is 5.73 Å². The maximum atomic E-state index is 9.31. The van der Waals surface area contributed by atoms with Crippen LogP contribution in [0.2, 0.25) is 0 Å². The molecule has 9 heteroatoms. The molecule has 0 atom stereocenters. The van der Waals surface area contributed by atoms with E-state index in [9.17, 15) is 5.26 Å². The fourth-order valence-corrected chi connectivity index (χ4v) is 3.50. The van der Waals surface area contributed by atoms with Gasteiger partial charge in [0.1, 0.15) is 18.1 Å². The van der Waals surface area contributed by atoms with Crippen molar-refractivity contribution in [2.45, 2.75) is 13.5 Å². The molecule has 0 bridgehead atoms. The first kappa shape index (κ1) is 18.4. The summed E-state index contributed by atoms with van der Waals surface area (Å²) in [6.45, 7) is 2.33. The highest BCUT2D eigenvalue weighted by Gasteiger charge is 2.14. The highest BCUT2D eigenvalue weighted by atomic mass is 15.4. The molecule has 9 nitrogen and oxygen atoms in total. The number of nitrogens with zero attached hydrogens (tertiary/aromatic N) is 7. The summed E-state index contributed by atoms with van der Waals surface area (Å²) >= 11 is 0. The molecule has 3 heterocycles. The van der Waals surface area contributed by atoms with Crippen molar-refractivity contribution in [2.75, 3.05) is 5.73 Å². The molecule has 0 aliphatic rings. The number of imidazole rings is 1. The second-order valence-corrected chi connectivity index (χ2v) is 7.09. The number of para-hydroxylation sites is 2. The van der Waals surface area contributed by atoms with Crippen LogP contribution in [0.15, 0.2) is 54.7 Å². The fraction of sp³-hybridized carbons (Fsp3) is 0.0909. The van der Waals surface area contributed by atoms with E-state index >= 15 is 0 Å². The van der Waals surface area contributed by atoms with E-state index in [0.717, 1.165) is 28.0 Å². The van der Waals surface area contributed by atoms with E-state index < -0.39 is 0 Å². The molecule has 2 aromatic carbocycles. The van der Waals surface area contributed by atoms with Crippen LogP contribution in [0.5, 0.6) is 0 Å². The third-order valence-corrected chi connectivity index (χ3v) is 5.02. The van der Waals surface area contributed by atoms with Gasteiger partial charge in [-0.1, -0.05) is 29.5 Å². The van der Waals surface area contributed by atoms with Gasteiger partial charge in [-0.25, -0.2) is 19.6 Å². The average Bonchev–Trinajstić information content (AvgIpc) is 3.40. The van der Waals surface area contributed by atoms with Crippen LogP contribution in [-0.2, 0) is 6.54 Å². The molecule has 0 spiro atoms. The monoisotopic (exact) mass is 407 g/mol. The molecule has 31 heavy (non-hydrogen) atoms. The maximum Gasteiger partial charge on any atom is 0.221 e. The fourth-order valence-electron chi connectivity index (χ4n) is 3.50. The molecule has 0 aliphatic carbocycles. The number of H-pyrrole nitrogens is 1. The number of aromatic amines is 1. The molecule has 150 valence electrons. The number of aromatic nitrogens is 7. The molecule has 0 saturated heterocycles. The summed E-state index contributed by atoms with van der Waals surface area (Å²) in [5.74, 6) is 0.908. The van der Waals surface area contributed by atoms with Crippen molar-refractivity contribution in [1.29, 1.82) is 5.26 Å². The van der Waals surface area contributed by atoms with Crippen molar-refractivity contribution in [2.24, 2.45) is 0 Å². The van der Waals surface area contributed by atoms with E-state index in [-0.39, 0.29) is 5.95 Å².